The van der Waals surface area contributed by atoms with Gasteiger partial charge in [0.25, 0.3) is 0 Å². The van der Waals surface area contributed by atoms with Crippen LogP contribution in [0, 0.1) is 0 Å². The van der Waals surface area contributed by atoms with Crippen molar-refractivity contribution in [1.29, 1.82) is 0 Å². The summed E-state index contributed by atoms with van der Waals surface area (Å²) >= 11 is 1.40. The highest BCUT2D eigenvalue weighted by molar-refractivity contribution is 7.98. The Morgan fingerprint density at radius 3 is 3.05 bits per heavy atom. The first kappa shape index (κ1) is 12.7. The molecule has 102 valence electrons. The van der Waals surface area contributed by atoms with Gasteiger partial charge in [-0.3, -0.25) is 4.98 Å². The van der Waals surface area contributed by atoms with Crippen molar-refractivity contribution < 1.29 is 9.90 Å². The lowest BCUT2D eigenvalue weighted by Crippen LogP contribution is -2.24. The molecule has 0 aliphatic carbocycles. The van der Waals surface area contributed by atoms with Crippen LogP contribution in [0.25, 0.3) is 0 Å². The summed E-state index contributed by atoms with van der Waals surface area (Å²) in [7, 11) is 0. The Balaban J connectivity index is 2.11. The third-order valence-electron chi connectivity index (χ3n) is 2.89. The highest BCUT2D eigenvalue weighted by Crippen LogP contribution is 2.29. The number of hydrogen-bond donors (Lipinski definition) is 2. The Morgan fingerprint density at radius 2 is 2.40 bits per heavy atom. The number of rotatable bonds is 3. The number of aliphatic carboxylic acids is 1. The fraction of sp³-hybridized carbons (Fsp3) is 0.167. The van der Waals surface area contributed by atoms with E-state index < -0.39 is 5.97 Å². The van der Waals surface area contributed by atoms with Crippen molar-refractivity contribution in [3.05, 3.63) is 41.9 Å². The van der Waals surface area contributed by atoms with E-state index in [4.69, 9.17) is 0 Å². The van der Waals surface area contributed by atoms with Crippen molar-refractivity contribution >= 4 is 23.7 Å². The standard InChI is InChI=1S/C12H11N5O2S/c1-20-12-15-11-14-8(10(18)19)5-9(17(11)16-12)7-3-2-4-13-6-7/h2-6,9H,1H3,(H,18,19)(H,14,15,16)/t9-/m0/s1. The smallest absolute Gasteiger partial charge is 0.352 e. The second-order valence-electron chi connectivity index (χ2n) is 4.11. The van der Waals surface area contributed by atoms with E-state index in [2.05, 4.69) is 20.4 Å². The Bertz CT molecular complexity index is 682. The third kappa shape index (κ3) is 2.14. The van der Waals surface area contributed by atoms with Crippen molar-refractivity contribution in [2.75, 3.05) is 11.6 Å². The van der Waals surface area contributed by atoms with Gasteiger partial charge in [0.1, 0.15) is 11.7 Å². The van der Waals surface area contributed by atoms with Gasteiger partial charge in [0, 0.05) is 12.4 Å². The summed E-state index contributed by atoms with van der Waals surface area (Å²) in [5.41, 5.74) is 0.943. The summed E-state index contributed by atoms with van der Waals surface area (Å²) in [6.45, 7) is 0. The highest BCUT2D eigenvalue weighted by Gasteiger charge is 2.27. The van der Waals surface area contributed by atoms with Crippen molar-refractivity contribution in [2.45, 2.75) is 11.2 Å². The fourth-order valence-corrected chi connectivity index (χ4v) is 2.32. The monoisotopic (exact) mass is 289 g/mol. The number of aromatic nitrogens is 4. The van der Waals surface area contributed by atoms with Crippen LogP contribution >= 0.6 is 11.8 Å². The molecule has 3 heterocycles. The van der Waals surface area contributed by atoms with Crippen molar-refractivity contribution in [3.63, 3.8) is 0 Å². The molecule has 0 saturated carbocycles. The Kier molecular flexibility index (Phi) is 3.15. The maximum absolute atomic E-state index is 11.2. The van der Waals surface area contributed by atoms with E-state index in [-0.39, 0.29) is 11.7 Å². The number of nitrogens with zero attached hydrogens (tertiary/aromatic N) is 4. The van der Waals surface area contributed by atoms with Crippen LogP contribution in [0.15, 0.2) is 41.5 Å². The number of carbonyl (C=O) groups is 1. The molecule has 1 aliphatic rings. The van der Waals surface area contributed by atoms with Gasteiger partial charge in [0.2, 0.25) is 11.1 Å². The van der Waals surface area contributed by atoms with Crippen LogP contribution < -0.4 is 5.32 Å². The number of fused-ring (bicyclic) bond motifs is 1. The van der Waals surface area contributed by atoms with Gasteiger partial charge in [-0.25, -0.2) is 9.48 Å². The second-order valence-corrected chi connectivity index (χ2v) is 4.88. The molecule has 1 atom stereocenters. The molecule has 0 spiro atoms. The van der Waals surface area contributed by atoms with E-state index in [0.29, 0.717) is 11.1 Å². The number of carboxylic acid groups (broad SMARTS) is 1. The molecular formula is C12H11N5O2S. The van der Waals surface area contributed by atoms with E-state index in [1.165, 1.54) is 11.8 Å². The predicted molar refractivity (Wildman–Crippen MR) is 73.5 cm³/mol. The van der Waals surface area contributed by atoms with Gasteiger partial charge in [-0.05, 0) is 24.0 Å². The molecule has 2 aromatic heterocycles. The number of pyridine rings is 1. The van der Waals surface area contributed by atoms with Crippen LogP contribution in [-0.2, 0) is 4.79 Å². The summed E-state index contributed by atoms with van der Waals surface area (Å²) < 4.78 is 1.66. The molecule has 0 unspecified atom stereocenters. The first-order valence-corrected chi connectivity index (χ1v) is 7.04. The van der Waals surface area contributed by atoms with Crippen molar-refractivity contribution in [2.24, 2.45) is 0 Å². The minimum Gasteiger partial charge on any atom is -0.477 e. The molecular weight excluding hydrogens is 278 g/mol. The summed E-state index contributed by atoms with van der Waals surface area (Å²) in [6.07, 6.45) is 6.83. The van der Waals surface area contributed by atoms with E-state index in [1.54, 1.807) is 29.2 Å². The van der Waals surface area contributed by atoms with Gasteiger partial charge in [-0.2, -0.15) is 4.98 Å². The minimum absolute atomic E-state index is 0.0893. The lowest BCUT2D eigenvalue weighted by Gasteiger charge is -2.21. The predicted octanol–water partition coefficient (Wildman–Crippen LogP) is 1.38. The average Bonchev–Trinajstić information content (AvgIpc) is 2.90. The lowest BCUT2D eigenvalue weighted by molar-refractivity contribution is -0.132. The van der Waals surface area contributed by atoms with Gasteiger partial charge in [0.15, 0.2) is 0 Å². The molecule has 1 aliphatic heterocycles. The Hall–Kier alpha value is -2.35. The first-order valence-electron chi connectivity index (χ1n) is 5.81. The van der Waals surface area contributed by atoms with E-state index >= 15 is 0 Å². The molecule has 2 aromatic rings. The van der Waals surface area contributed by atoms with Crippen molar-refractivity contribution in [1.82, 2.24) is 19.7 Å². The second kappa shape index (κ2) is 4.97. The van der Waals surface area contributed by atoms with Gasteiger partial charge in [-0.1, -0.05) is 17.8 Å². The van der Waals surface area contributed by atoms with Crippen LogP contribution in [0.3, 0.4) is 0 Å². The van der Waals surface area contributed by atoms with Gasteiger partial charge in [0.05, 0.1) is 0 Å². The molecule has 0 saturated heterocycles. The summed E-state index contributed by atoms with van der Waals surface area (Å²) in [4.78, 5) is 19.5. The van der Waals surface area contributed by atoms with E-state index in [1.807, 2.05) is 12.3 Å². The van der Waals surface area contributed by atoms with Crippen molar-refractivity contribution in [3.8, 4) is 0 Å². The largest absolute Gasteiger partial charge is 0.477 e. The zero-order valence-corrected chi connectivity index (χ0v) is 11.3. The van der Waals surface area contributed by atoms with Crippen LogP contribution in [0.2, 0.25) is 0 Å². The van der Waals surface area contributed by atoms with Crippen LogP contribution in [0.1, 0.15) is 11.6 Å². The SMILES string of the molecule is CSc1nc2n(n1)[C@H](c1cccnc1)C=C(C(=O)O)N2. The number of allylic oxidation sites excluding steroid dienone is 1. The van der Waals surface area contributed by atoms with Crippen LogP contribution in [0.4, 0.5) is 5.95 Å². The average molecular weight is 289 g/mol. The van der Waals surface area contributed by atoms with Gasteiger partial charge in [-0.15, -0.1) is 5.10 Å². The normalized spacial score (nSPS) is 17.1. The summed E-state index contributed by atoms with van der Waals surface area (Å²) in [5.74, 6) is -0.609. The highest BCUT2D eigenvalue weighted by atomic mass is 32.2. The zero-order valence-electron chi connectivity index (χ0n) is 10.5. The van der Waals surface area contributed by atoms with E-state index in [9.17, 15) is 9.90 Å². The molecule has 7 nitrogen and oxygen atoms in total. The quantitative estimate of drug-likeness (QED) is 0.824. The molecule has 20 heavy (non-hydrogen) atoms. The fourth-order valence-electron chi connectivity index (χ4n) is 1.97. The van der Waals surface area contributed by atoms with E-state index in [0.717, 1.165) is 5.56 Å². The lowest BCUT2D eigenvalue weighted by atomic mass is 10.1. The molecule has 0 aromatic carbocycles. The Morgan fingerprint density at radius 1 is 1.55 bits per heavy atom. The number of thioether (sulfide) groups is 1. The molecule has 0 amide bonds. The number of anilines is 1. The maximum atomic E-state index is 11.2. The zero-order chi connectivity index (χ0) is 14.1. The molecule has 8 heteroatoms. The first-order chi connectivity index (χ1) is 9.69. The van der Waals surface area contributed by atoms with Crippen LogP contribution in [0.5, 0.6) is 0 Å². The van der Waals surface area contributed by atoms with Gasteiger partial charge >= 0.3 is 5.97 Å². The topological polar surface area (TPSA) is 92.9 Å². The van der Waals surface area contributed by atoms with Crippen LogP contribution in [-0.4, -0.2) is 37.1 Å². The molecule has 0 bridgehead atoms. The number of nitrogens with one attached hydrogen (secondary N) is 1. The molecule has 2 N–H and O–H groups in total. The Labute approximate surface area is 118 Å². The maximum Gasteiger partial charge on any atom is 0.352 e. The minimum atomic E-state index is -1.03. The molecule has 0 radical (unpaired) electrons. The molecule has 0 fully saturated rings. The third-order valence-corrected chi connectivity index (χ3v) is 3.42. The number of hydrogen-bond acceptors (Lipinski definition) is 6. The summed E-state index contributed by atoms with van der Waals surface area (Å²) in [6, 6.07) is 3.35. The number of carboxylic acids is 1. The van der Waals surface area contributed by atoms with Gasteiger partial charge < -0.3 is 10.4 Å². The molecule has 3 rings (SSSR count). The summed E-state index contributed by atoms with van der Waals surface area (Å²) in [5, 5.41) is 16.9.